The minimum absolute atomic E-state index is 0.0735. The van der Waals surface area contributed by atoms with E-state index in [9.17, 15) is 4.79 Å². The van der Waals surface area contributed by atoms with Gasteiger partial charge in [-0.15, -0.1) is 0 Å². The van der Waals surface area contributed by atoms with Crippen LogP contribution in [0.1, 0.15) is 31.7 Å². The number of aromatic nitrogens is 2. The molecule has 2 N–H and O–H groups in total. The largest absolute Gasteiger partial charge is 0.375 e. The summed E-state index contributed by atoms with van der Waals surface area (Å²) in [6.45, 7) is 0. The van der Waals surface area contributed by atoms with Gasteiger partial charge < -0.3 is 10.3 Å². The first-order valence-electron chi connectivity index (χ1n) is 8.26. The average molecular weight is 337 g/mol. The quantitative estimate of drug-likeness (QED) is 0.773. The van der Waals surface area contributed by atoms with Crippen molar-refractivity contribution in [1.29, 1.82) is 0 Å². The van der Waals surface area contributed by atoms with Crippen LogP contribution in [-0.2, 0) is 0 Å². The standard InChI is InChI=1S/C19H19N3OS/c20-19-21-17(13-6-2-1-3-7-13)18(24-19)14-10-11-16(23)22(12-14)15-8-4-5-9-15/h1-3,6-7,10-12,15H,4-5,8-9H2,(H2,20,21). The maximum Gasteiger partial charge on any atom is 0.250 e. The Kier molecular flexibility index (Phi) is 3.94. The molecule has 3 aromatic rings. The molecule has 0 unspecified atom stereocenters. The van der Waals surface area contributed by atoms with Crippen molar-refractivity contribution in [3.8, 4) is 21.7 Å². The van der Waals surface area contributed by atoms with Gasteiger partial charge in [-0.3, -0.25) is 4.79 Å². The van der Waals surface area contributed by atoms with Gasteiger partial charge in [0.25, 0.3) is 5.56 Å². The van der Waals surface area contributed by atoms with Crippen LogP contribution in [0.2, 0.25) is 0 Å². The second-order valence-electron chi connectivity index (χ2n) is 6.20. The molecule has 122 valence electrons. The second-order valence-corrected chi connectivity index (χ2v) is 7.23. The molecule has 0 atom stereocenters. The molecule has 0 aliphatic heterocycles. The molecule has 5 heteroatoms. The van der Waals surface area contributed by atoms with E-state index in [1.165, 1.54) is 24.2 Å². The van der Waals surface area contributed by atoms with E-state index in [2.05, 4.69) is 4.98 Å². The van der Waals surface area contributed by atoms with Crippen LogP contribution in [0.25, 0.3) is 21.7 Å². The average Bonchev–Trinajstić information content (AvgIpc) is 3.26. The Morgan fingerprint density at radius 3 is 2.54 bits per heavy atom. The topological polar surface area (TPSA) is 60.9 Å². The number of hydrogen-bond donors (Lipinski definition) is 1. The van der Waals surface area contributed by atoms with Crippen molar-refractivity contribution in [1.82, 2.24) is 9.55 Å². The number of pyridine rings is 1. The number of anilines is 1. The first-order chi connectivity index (χ1) is 11.7. The van der Waals surface area contributed by atoms with Gasteiger partial charge in [-0.05, 0) is 18.9 Å². The van der Waals surface area contributed by atoms with Gasteiger partial charge in [0.15, 0.2) is 5.13 Å². The molecule has 4 nitrogen and oxygen atoms in total. The molecular formula is C19H19N3OS. The fourth-order valence-electron chi connectivity index (χ4n) is 3.43. The third-order valence-electron chi connectivity index (χ3n) is 4.61. The predicted molar refractivity (Wildman–Crippen MR) is 99.2 cm³/mol. The number of hydrogen-bond acceptors (Lipinski definition) is 4. The number of nitrogens with zero attached hydrogens (tertiary/aromatic N) is 2. The van der Waals surface area contributed by atoms with E-state index in [1.807, 2.05) is 47.2 Å². The molecule has 1 aromatic carbocycles. The Morgan fingerprint density at radius 2 is 1.79 bits per heavy atom. The zero-order chi connectivity index (χ0) is 16.5. The summed E-state index contributed by atoms with van der Waals surface area (Å²) in [4.78, 5) is 17.8. The highest BCUT2D eigenvalue weighted by atomic mass is 32.1. The lowest BCUT2D eigenvalue weighted by molar-refractivity contribution is 0.503. The molecular weight excluding hydrogens is 318 g/mol. The van der Waals surface area contributed by atoms with Crippen molar-refractivity contribution in [2.24, 2.45) is 0 Å². The van der Waals surface area contributed by atoms with E-state index in [0.29, 0.717) is 11.2 Å². The maximum absolute atomic E-state index is 12.3. The lowest BCUT2D eigenvalue weighted by Crippen LogP contribution is -2.21. The normalized spacial score (nSPS) is 15.0. The Hall–Kier alpha value is -2.40. The number of nitrogens with two attached hydrogens (primary N) is 1. The van der Waals surface area contributed by atoms with Crippen molar-refractivity contribution in [2.75, 3.05) is 5.73 Å². The van der Waals surface area contributed by atoms with Crippen molar-refractivity contribution in [3.63, 3.8) is 0 Å². The van der Waals surface area contributed by atoms with Crippen LogP contribution in [-0.4, -0.2) is 9.55 Å². The van der Waals surface area contributed by atoms with Crippen molar-refractivity contribution >= 4 is 16.5 Å². The van der Waals surface area contributed by atoms with Crippen LogP contribution in [0.4, 0.5) is 5.13 Å². The molecule has 1 aliphatic rings. The van der Waals surface area contributed by atoms with Crippen molar-refractivity contribution < 1.29 is 0 Å². The van der Waals surface area contributed by atoms with Gasteiger partial charge in [0.05, 0.1) is 10.6 Å². The summed E-state index contributed by atoms with van der Waals surface area (Å²) >= 11 is 1.47. The summed E-state index contributed by atoms with van der Waals surface area (Å²) in [5, 5.41) is 0.544. The van der Waals surface area contributed by atoms with E-state index in [1.54, 1.807) is 6.07 Å². The van der Waals surface area contributed by atoms with Crippen LogP contribution in [0.3, 0.4) is 0 Å². The summed E-state index contributed by atoms with van der Waals surface area (Å²) in [6, 6.07) is 13.9. The van der Waals surface area contributed by atoms with E-state index >= 15 is 0 Å². The summed E-state index contributed by atoms with van der Waals surface area (Å²) in [7, 11) is 0. The molecule has 24 heavy (non-hydrogen) atoms. The first kappa shape index (κ1) is 15.1. The minimum Gasteiger partial charge on any atom is -0.375 e. The zero-order valence-electron chi connectivity index (χ0n) is 13.3. The molecule has 1 aliphatic carbocycles. The molecule has 0 amide bonds. The van der Waals surface area contributed by atoms with Gasteiger partial charge in [0, 0.05) is 29.4 Å². The van der Waals surface area contributed by atoms with Crippen LogP contribution in [0, 0.1) is 0 Å². The van der Waals surface area contributed by atoms with Gasteiger partial charge >= 0.3 is 0 Å². The lowest BCUT2D eigenvalue weighted by Gasteiger charge is -2.14. The van der Waals surface area contributed by atoms with E-state index in [-0.39, 0.29) is 5.56 Å². The van der Waals surface area contributed by atoms with E-state index in [4.69, 9.17) is 5.73 Å². The van der Waals surface area contributed by atoms with E-state index in [0.717, 1.165) is 34.5 Å². The smallest absolute Gasteiger partial charge is 0.250 e. The molecule has 0 bridgehead atoms. The highest BCUT2D eigenvalue weighted by Crippen LogP contribution is 2.38. The fourth-order valence-corrected chi connectivity index (χ4v) is 4.27. The third kappa shape index (κ3) is 2.76. The molecule has 1 fully saturated rings. The Labute approximate surface area is 144 Å². The number of rotatable bonds is 3. The van der Waals surface area contributed by atoms with Gasteiger partial charge in [-0.2, -0.15) is 0 Å². The SMILES string of the molecule is Nc1nc(-c2ccccc2)c(-c2ccc(=O)n(C3CCCC3)c2)s1. The highest BCUT2D eigenvalue weighted by molar-refractivity contribution is 7.19. The molecule has 1 saturated carbocycles. The Morgan fingerprint density at radius 1 is 1.04 bits per heavy atom. The molecule has 0 spiro atoms. The summed E-state index contributed by atoms with van der Waals surface area (Å²) in [5.41, 5.74) is 8.99. The van der Waals surface area contributed by atoms with Crippen LogP contribution < -0.4 is 11.3 Å². The maximum atomic E-state index is 12.3. The number of benzene rings is 1. The highest BCUT2D eigenvalue weighted by Gasteiger charge is 2.20. The van der Waals surface area contributed by atoms with Crippen LogP contribution in [0.5, 0.6) is 0 Å². The fraction of sp³-hybridized carbons (Fsp3) is 0.263. The molecule has 0 radical (unpaired) electrons. The Balaban J connectivity index is 1.82. The van der Waals surface area contributed by atoms with Gasteiger partial charge in [-0.25, -0.2) is 4.98 Å². The first-order valence-corrected chi connectivity index (χ1v) is 9.08. The zero-order valence-corrected chi connectivity index (χ0v) is 14.1. The predicted octanol–water partition coefficient (Wildman–Crippen LogP) is 4.34. The van der Waals surface area contributed by atoms with Gasteiger partial charge in [0.1, 0.15) is 0 Å². The lowest BCUT2D eigenvalue weighted by atomic mass is 10.1. The number of thiazole rings is 1. The molecule has 2 aromatic heterocycles. The van der Waals surface area contributed by atoms with Gasteiger partial charge in [-0.1, -0.05) is 54.5 Å². The molecule has 0 saturated heterocycles. The number of nitrogen functional groups attached to an aromatic ring is 1. The Bertz CT molecular complexity index is 908. The monoisotopic (exact) mass is 337 g/mol. The third-order valence-corrected chi connectivity index (χ3v) is 5.54. The van der Waals surface area contributed by atoms with E-state index < -0.39 is 0 Å². The molecule has 4 rings (SSSR count). The molecule has 2 heterocycles. The van der Waals surface area contributed by atoms with Crippen molar-refractivity contribution in [2.45, 2.75) is 31.7 Å². The summed E-state index contributed by atoms with van der Waals surface area (Å²) in [5.74, 6) is 0. The summed E-state index contributed by atoms with van der Waals surface area (Å²) < 4.78 is 1.90. The second kappa shape index (κ2) is 6.24. The summed E-state index contributed by atoms with van der Waals surface area (Å²) in [6.07, 6.45) is 6.55. The van der Waals surface area contributed by atoms with Gasteiger partial charge in [0.2, 0.25) is 0 Å². The van der Waals surface area contributed by atoms with Crippen LogP contribution >= 0.6 is 11.3 Å². The van der Waals surface area contributed by atoms with Crippen molar-refractivity contribution in [3.05, 3.63) is 59.0 Å². The minimum atomic E-state index is 0.0735. The van der Waals surface area contributed by atoms with Crippen LogP contribution in [0.15, 0.2) is 53.5 Å².